The maximum absolute atomic E-state index is 6.08. The molecule has 3 aromatic rings. The molecule has 0 saturated carbocycles. The van der Waals surface area contributed by atoms with Gasteiger partial charge < -0.3 is 33.5 Å². The molecule has 1 aromatic heterocycles. The van der Waals surface area contributed by atoms with E-state index >= 15 is 0 Å². The van der Waals surface area contributed by atoms with Crippen LogP contribution in [-0.2, 0) is 0 Å². The molecule has 0 N–H and O–H groups in total. The van der Waals surface area contributed by atoms with Crippen molar-refractivity contribution in [1.29, 1.82) is 0 Å². The molecule has 0 bridgehead atoms. The van der Waals surface area contributed by atoms with Crippen molar-refractivity contribution >= 4 is 11.1 Å². The predicted molar refractivity (Wildman–Crippen MR) is 170 cm³/mol. The summed E-state index contributed by atoms with van der Waals surface area (Å²) in [6, 6.07) is 13.9. The monoisotopic (exact) mass is 567 g/mol. The van der Waals surface area contributed by atoms with Crippen LogP contribution in [0.5, 0.6) is 11.5 Å². The third-order valence-electron chi connectivity index (χ3n) is 7.16. The quantitative estimate of drug-likeness (QED) is 0.155. The van der Waals surface area contributed by atoms with E-state index in [0.717, 1.165) is 80.3 Å². The molecule has 41 heavy (non-hydrogen) atoms. The lowest BCUT2D eigenvalue weighted by Crippen LogP contribution is -2.23. The van der Waals surface area contributed by atoms with Gasteiger partial charge in [0.1, 0.15) is 17.0 Å². The van der Waals surface area contributed by atoms with Crippen LogP contribution < -0.4 is 9.47 Å². The fraction of sp³-hybridized carbons (Fsp3) is 0.606. The van der Waals surface area contributed by atoms with Crippen molar-refractivity contribution in [1.82, 2.24) is 24.6 Å². The maximum Gasteiger partial charge on any atom is 0.227 e. The molecular formula is C33H53N5O3. The number of hydrogen-bond donors (Lipinski definition) is 0. The van der Waals surface area contributed by atoms with E-state index in [1.165, 1.54) is 25.7 Å². The molecule has 0 aliphatic heterocycles. The topological polar surface area (TPSA) is 57.5 Å². The van der Waals surface area contributed by atoms with Gasteiger partial charge in [0.25, 0.3) is 0 Å². The number of aromatic nitrogens is 1. The van der Waals surface area contributed by atoms with Crippen LogP contribution in [0.4, 0.5) is 0 Å². The first-order valence-electron chi connectivity index (χ1n) is 15.2. The molecule has 0 aliphatic rings. The van der Waals surface area contributed by atoms with Gasteiger partial charge in [0, 0.05) is 24.7 Å². The highest BCUT2D eigenvalue weighted by Crippen LogP contribution is 2.28. The number of fused-ring (bicyclic) bond motifs is 1. The van der Waals surface area contributed by atoms with Crippen LogP contribution in [0.1, 0.15) is 38.5 Å². The minimum absolute atomic E-state index is 0.607. The second-order valence-corrected chi connectivity index (χ2v) is 11.7. The lowest BCUT2D eigenvalue weighted by atomic mass is 10.2. The summed E-state index contributed by atoms with van der Waals surface area (Å²) in [6.45, 7) is 8.04. The summed E-state index contributed by atoms with van der Waals surface area (Å²) in [7, 11) is 12.9. The molecule has 0 aliphatic carbocycles. The van der Waals surface area contributed by atoms with Crippen molar-refractivity contribution in [3.05, 3.63) is 42.5 Å². The van der Waals surface area contributed by atoms with Crippen LogP contribution in [0.15, 0.2) is 46.9 Å². The molecule has 228 valence electrons. The highest BCUT2D eigenvalue weighted by atomic mass is 16.5. The van der Waals surface area contributed by atoms with Gasteiger partial charge in [-0.25, -0.2) is 4.98 Å². The van der Waals surface area contributed by atoms with Crippen LogP contribution in [-0.4, -0.2) is 119 Å². The van der Waals surface area contributed by atoms with E-state index in [-0.39, 0.29) is 0 Å². The number of oxazole rings is 1. The van der Waals surface area contributed by atoms with Crippen LogP contribution in [0, 0.1) is 0 Å². The van der Waals surface area contributed by atoms with Crippen LogP contribution in [0.2, 0.25) is 0 Å². The van der Waals surface area contributed by atoms with Crippen LogP contribution in [0.25, 0.3) is 22.6 Å². The first-order chi connectivity index (χ1) is 19.8. The van der Waals surface area contributed by atoms with Crippen molar-refractivity contribution in [2.75, 3.05) is 94.8 Å². The molecule has 8 nitrogen and oxygen atoms in total. The van der Waals surface area contributed by atoms with Gasteiger partial charge in [-0.05, 0) is 143 Å². The van der Waals surface area contributed by atoms with E-state index in [9.17, 15) is 0 Å². The Morgan fingerprint density at radius 2 is 1.07 bits per heavy atom. The largest absolute Gasteiger partial charge is 0.494 e. The Bertz CT molecular complexity index is 1120. The van der Waals surface area contributed by atoms with Crippen molar-refractivity contribution in [2.45, 2.75) is 38.5 Å². The van der Waals surface area contributed by atoms with E-state index in [2.05, 4.69) is 66.9 Å². The molecule has 2 aromatic carbocycles. The zero-order chi connectivity index (χ0) is 29.5. The minimum Gasteiger partial charge on any atom is -0.494 e. The average molecular weight is 568 g/mol. The number of rotatable bonds is 21. The zero-order valence-electron chi connectivity index (χ0n) is 26.4. The van der Waals surface area contributed by atoms with Gasteiger partial charge in [0.2, 0.25) is 5.89 Å². The summed E-state index contributed by atoms with van der Waals surface area (Å²) in [4.78, 5) is 13.9. The van der Waals surface area contributed by atoms with Gasteiger partial charge in [0.15, 0.2) is 5.58 Å². The standard InChI is InChI=1S/C33H53N5O3/c1-35(2)19-7-9-21-37(5)23-11-25-39-29-15-13-28(14-16-29)33-34-31-18-17-30(27-32(31)41-33)40-26-12-24-38(6)22-10-8-20-36(3)4/h13-18,27H,7-12,19-26H2,1-6H3. The molecule has 0 spiro atoms. The number of ether oxygens (including phenoxy) is 2. The summed E-state index contributed by atoms with van der Waals surface area (Å²) < 4.78 is 18.0. The fourth-order valence-electron chi connectivity index (χ4n) is 4.70. The van der Waals surface area contributed by atoms with E-state index in [4.69, 9.17) is 13.9 Å². The molecule has 0 atom stereocenters. The SMILES string of the molecule is CN(C)CCCCN(C)CCCOc1ccc(-c2nc3ccc(OCCCN(C)CCCCN(C)C)cc3o2)cc1. The van der Waals surface area contributed by atoms with Gasteiger partial charge in [-0.1, -0.05) is 0 Å². The first kappa shape index (κ1) is 32.9. The Morgan fingerprint density at radius 3 is 1.63 bits per heavy atom. The number of unbranched alkanes of at least 4 members (excludes halogenated alkanes) is 2. The summed E-state index contributed by atoms with van der Waals surface area (Å²) in [6.07, 6.45) is 6.94. The van der Waals surface area contributed by atoms with Gasteiger partial charge in [-0.15, -0.1) is 0 Å². The maximum atomic E-state index is 6.08. The Labute approximate surface area is 248 Å². The van der Waals surface area contributed by atoms with Crippen molar-refractivity contribution in [3.8, 4) is 23.0 Å². The molecule has 0 fully saturated rings. The number of benzene rings is 2. The molecule has 0 amide bonds. The van der Waals surface area contributed by atoms with Crippen LogP contribution in [0.3, 0.4) is 0 Å². The predicted octanol–water partition coefficient (Wildman–Crippen LogP) is 5.58. The summed E-state index contributed by atoms with van der Waals surface area (Å²) in [5, 5.41) is 0. The minimum atomic E-state index is 0.607. The van der Waals surface area contributed by atoms with Crippen molar-refractivity contribution < 1.29 is 13.9 Å². The lowest BCUT2D eigenvalue weighted by molar-refractivity contribution is 0.257. The zero-order valence-corrected chi connectivity index (χ0v) is 26.4. The summed E-state index contributed by atoms with van der Waals surface area (Å²) in [5.41, 5.74) is 2.50. The molecule has 1 heterocycles. The molecule has 3 rings (SSSR count). The highest BCUT2D eigenvalue weighted by Gasteiger charge is 2.10. The summed E-state index contributed by atoms with van der Waals surface area (Å²) in [5.74, 6) is 2.29. The normalized spacial score (nSPS) is 12.0. The van der Waals surface area contributed by atoms with Crippen molar-refractivity contribution in [2.24, 2.45) is 0 Å². The Morgan fingerprint density at radius 1 is 0.585 bits per heavy atom. The van der Waals surface area contributed by atoms with E-state index in [0.29, 0.717) is 19.1 Å². The van der Waals surface area contributed by atoms with Gasteiger partial charge in [-0.2, -0.15) is 0 Å². The first-order valence-corrected chi connectivity index (χ1v) is 15.2. The molecule has 0 radical (unpaired) electrons. The second kappa shape index (κ2) is 18.0. The molecule has 0 saturated heterocycles. The van der Waals surface area contributed by atoms with Gasteiger partial charge >= 0.3 is 0 Å². The van der Waals surface area contributed by atoms with Gasteiger partial charge in [0.05, 0.1) is 13.2 Å². The summed E-state index contributed by atoms with van der Waals surface area (Å²) >= 11 is 0. The fourth-order valence-corrected chi connectivity index (χ4v) is 4.70. The van der Waals surface area contributed by atoms with E-state index in [1.54, 1.807) is 0 Å². The molecular weight excluding hydrogens is 514 g/mol. The smallest absolute Gasteiger partial charge is 0.227 e. The second-order valence-electron chi connectivity index (χ2n) is 11.7. The highest BCUT2D eigenvalue weighted by molar-refractivity contribution is 5.77. The lowest BCUT2D eigenvalue weighted by Gasteiger charge is -2.17. The van der Waals surface area contributed by atoms with Crippen LogP contribution >= 0.6 is 0 Å². The third-order valence-corrected chi connectivity index (χ3v) is 7.16. The van der Waals surface area contributed by atoms with E-state index < -0.39 is 0 Å². The number of hydrogen-bond acceptors (Lipinski definition) is 8. The van der Waals surface area contributed by atoms with Crippen molar-refractivity contribution in [3.63, 3.8) is 0 Å². The molecule has 8 heteroatoms. The number of nitrogens with zero attached hydrogens (tertiary/aromatic N) is 5. The Balaban J connectivity index is 1.37. The third kappa shape index (κ3) is 12.8. The van der Waals surface area contributed by atoms with Gasteiger partial charge in [-0.3, -0.25) is 0 Å². The molecule has 0 unspecified atom stereocenters. The Hall–Kier alpha value is -2.65. The average Bonchev–Trinajstić information content (AvgIpc) is 3.37. The van der Waals surface area contributed by atoms with E-state index in [1.807, 2.05) is 42.5 Å². The Kier molecular flexibility index (Phi) is 14.4.